The molecule has 5 nitrogen and oxygen atoms in total. The highest BCUT2D eigenvalue weighted by Gasteiger charge is 2.40. The molecule has 0 unspecified atom stereocenters. The van der Waals surface area contributed by atoms with Gasteiger partial charge in [-0.05, 0) is 63.6 Å². The van der Waals surface area contributed by atoms with Crippen LogP contribution in [0.2, 0.25) is 0 Å². The molecule has 0 bridgehead atoms. The number of nitrogens with zero attached hydrogens (tertiary/aromatic N) is 3. The minimum atomic E-state index is -1.24. The third-order valence-corrected chi connectivity index (χ3v) is 6.05. The zero-order valence-corrected chi connectivity index (χ0v) is 18.2. The van der Waals surface area contributed by atoms with E-state index >= 15 is 0 Å². The highest BCUT2D eigenvalue weighted by atomic mass is 19.2. The van der Waals surface area contributed by atoms with Crippen molar-refractivity contribution in [2.75, 3.05) is 31.6 Å². The van der Waals surface area contributed by atoms with E-state index in [0.29, 0.717) is 29.8 Å². The van der Waals surface area contributed by atoms with Crippen LogP contribution in [0.15, 0.2) is 24.3 Å². The first-order chi connectivity index (χ1) is 14.7. The van der Waals surface area contributed by atoms with Crippen molar-refractivity contribution in [1.29, 1.82) is 0 Å². The quantitative estimate of drug-likeness (QED) is 0.679. The van der Waals surface area contributed by atoms with Gasteiger partial charge in [-0.3, -0.25) is 0 Å². The number of hydrogen-bond donors (Lipinski definition) is 1. The maximum absolute atomic E-state index is 14.0. The predicted octanol–water partition coefficient (Wildman–Crippen LogP) is 4.50. The molecule has 168 valence electrons. The van der Waals surface area contributed by atoms with E-state index in [0.717, 1.165) is 45.1 Å². The topological polar surface area (TPSA) is 50.3 Å². The summed E-state index contributed by atoms with van der Waals surface area (Å²) in [6.07, 6.45) is 2.13. The van der Waals surface area contributed by atoms with Crippen LogP contribution < -0.4 is 5.32 Å². The Balaban J connectivity index is 1.29. The molecule has 0 amide bonds. The third-order valence-electron chi connectivity index (χ3n) is 6.05. The van der Waals surface area contributed by atoms with Crippen LogP contribution in [0.3, 0.4) is 0 Å². The van der Waals surface area contributed by atoms with Crippen molar-refractivity contribution in [3.63, 3.8) is 0 Å². The molecular formula is C23H29F3N4O. The van der Waals surface area contributed by atoms with Crippen molar-refractivity contribution in [2.45, 2.75) is 45.3 Å². The molecule has 1 aromatic heterocycles. The first kappa shape index (κ1) is 22.0. The first-order valence-electron chi connectivity index (χ1n) is 10.8. The van der Waals surface area contributed by atoms with E-state index in [-0.39, 0.29) is 16.9 Å². The van der Waals surface area contributed by atoms with E-state index in [2.05, 4.69) is 41.2 Å². The van der Waals surface area contributed by atoms with Gasteiger partial charge in [0.15, 0.2) is 11.6 Å². The van der Waals surface area contributed by atoms with E-state index < -0.39 is 17.5 Å². The number of fused-ring (bicyclic) bond motifs is 1. The van der Waals surface area contributed by atoms with Gasteiger partial charge < -0.3 is 15.0 Å². The van der Waals surface area contributed by atoms with Gasteiger partial charge in [0.2, 0.25) is 0 Å². The van der Waals surface area contributed by atoms with Gasteiger partial charge >= 0.3 is 0 Å². The van der Waals surface area contributed by atoms with Crippen molar-refractivity contribution < 1.29 is 17.9 Å². The fourth-order valence-electron chi connectivity index (χ4n) is 4.68. The van der Waals surface area contributed by atoms with Crippen LogP contribution in [0.25, 0.3) is 11.3 Å². The SMILES string of the molecule is CC(C)(C)OCCN1C[C@H]2C[C@H](Nc3ccc(-c4cc(F)cc(F)c4F)nn3)C[C@H]2C1. The lowest BCUT2D eigenvalue weighted by Crippen LogP contribution is -2.31. The van der Waals surface area contributed by atoms with Gasteiger partial charge in [0.1, 0.15) is 11.6 Å². The summed E-state index contributed by atoms with van der Waals surface area (Å²) < 4.78 is 46.7. The Morgan fingerprint density at radius 3 is 2.39 bits per heavy atom. The Kier molecular flexibility index (Phi) is 6.21. The zero-order valence-electron chi connectivity index (χ0n) is 18.2. The van der Waals surface area contributed by atoms with Crippen molar-refractivity contribution in [3.8, 4) is 11.3 Å². The molecular weight excluding hydrogens is 405 g/mol. The molecule has 1 saturated carbocycles. The van der Waals surface area contributed by atoms with Crippen LogP contribution in [0, 0.1) is 29.3 Å². The molecule has 1 saturated heterocycles. The minimum absolute atomic E-state index is 0.0952. The number of rotatable bonds is 6. The summed E-state index contributed by atoms with van der Waals surface area (Å²) in [5, 5.41) is 11.5. The lowest BCUT2D eigenvalue weighted by molar-refractivity contribution is -0.0116. The molecule has 1 aliphatic heterocycles. The van der Waals surface area contributed by atoms with E-state index in [1.165, 1.54) is 6.07 Å². The second kappa shape index (κ2) is 8.74. The van der Waals surface area contributed by atoms with Gasteiger partial charge in [-0.2, -0.15) is 0 Å². The van der Waals surface area contributed by atoms with Crippen molar-refractivity contribution in [1.82, 2.24) is 15.1 Å². The minimum Gasteiger partial charge on any atom is -0.375 e. The molecule has 3 atom stereocenters. The summed E-state index contributed by atoms with van der Waals surface area (Å²) in [7, 11) is 0. The summed E-state index contributed by atoms with van der Waals surface area (Å²) in [6.45, 7) is 10.1. The highest BCUT2D eigenvalue weighted by molar-refractivity contribution is 5.60. The lowest BCUT2D eigenvalue weighted by atomic mass is 10.0. The molecule has 2 aliphatic rings. The fraction of sp³-hybridized carbons (Fsp3) is 0.565. The summed E-state index contributed by atoms with van der Waals surface area (Å²) in [5.74, 6) is -1.32. The van der Waals surface area contributed by atoms with E-state index in [4.69, 9.17) is 4.74 Å². The van der Waals surface area contributed by atoms with Crippen LogP contribution in [-0.2, 0) is 4.74 Å². The van der Waals surface area contributed by atoms with Gasteiger partial charge in [-0.15, -0.1) is 10.2 Å². The summed E-state index contributed by atoms with van der Waals surface area (Å²) in [5.41, 5.74) is -0.240. The van der Waals surface area contributed by atoms with Crippen LogP contribution in [0.4, 0.5) is 19.0 Å². The Labute approximate surface area is 181 Å². The van der Waals surface area contributed by atoms with Crippen LogP contribution >= 0.6 is 0 Å². The monoisotopic (exact) mass is 434 g/mol. The summed E-state index contributed by atoms with van der Waals surface area (Å²) in [6, 6.07) is 4.95. The first-order valence-corrected chi connectivity index (χ1v) is 10.8. The molecule has 0 spiro atoms. The number of halogens is 3. The summed E-state index contributed by atoms with van der Waals surface area (Å²) in [4.78, 5) is 2.48. The van der Waals surface area contributed by atoms with Gasteiger partial charge in [0.25, 0.3) is 0 Å². The second-order valence-corrected chi connectivity index (χ2v) is 9.61. The number of aromatic nitrogens is 2. The van der Waals surface area contributed by atoms with Crippen LogP contribution in [0.1, 0.15) is 33.6 Å². The van der Waals surface area contributed by atoms with Gasteiger partial charge in [0, 0.05) is 37.3 Å². The van der Waals surface area contributed by atoms with E-state index in [1.54, 1.807) is 6.07 Å². The van der Waals surface area contributed by atoms with Gasteiger partial charge in [-0.1, -0.05) is 0 Å². The number of hydrogen-bond acceptors (Lipinski definition) is 5. The molecule has 2 fully saturated rings. The smallest absolute Gasteiger partial charge is 0.168 e. The van der Waals surface area contributed by atoms with Crippen molar-refractivity contribution >= 4 is 5.82 Å². The molecule has 4 rings (SSSR count). The molecule has 2 heterocycles. The number of ether oxygens (including phenoxy) is 1. The largest absolute Gasteiger partial charge is 0.375 e. The molecule has 0 radical (unpaired) electrons. The standard InChI is InChI=1S/C23H29F3N4O/c1-23(2,3)31-7-6-30-12-14-8-17(9-15(14)13-30)27-21-5-4-20(28-29-21)18-10-16(24)11-19(25)22(18)26/h4-5,10-11,14-15,17H,6-9,12-13H2,1-3H3,(H,27,29)/t14-,15+,17+. The van der Waals surface area contributed by atoms with Crippen LogP contribution in [-0.4, -0.2) is 53.0 Å². The lowest BCUT2D eigenvalue weighted by Gasteiger charge is -2.23. The van der Waals surface area contributed by atoms with Gasteiger partial charge in [0.05, 0.1) is 17.9 Å². The maximum Gasteiger partial charge on any atom is 0.168 e. The Morgan fingerprint density at radius 2 is 1.77 bits per heavy atom. The van der Waals surface area contributed by atoms with Crippen molar-refractivity contribution in [3.05, 3.63) is 41.7 Å². The molecule has 1 N–H and O–H groups in total. The number of nitrogens with one attached hydrogen (secondary N) is 1. The summed E-state index contributed by atoms with van der Waals surface area (Å²) >= 11 is 0. The van der Waals surface area contributed by atoms with Crippen LogP contribution in [0.5, 0.6) is 0 Å². The third kappa shape index (κ3) is 5.36. The highest BCUT2D eigenvalue weighted by Crippen LogP contribution is 2.39. The van der Waals surface area contributed by atoms with Gasteiger partial charge in [-0.25, -0.2) is 13.2 Å². The average Bonchev–Trinajstić information content (AvgIpc) is 3.22. The molecule has 1 aromatic carbocycles. The second-order valence-electron chi connectivity index (χ2n) is 9.61. The zero-order chi connectivity index (χ0) is 22.2. The van der Waals surface area contributed by atoms with Crippen molar-refractivity contribution in [2.24, 2.45) is 11.8 Å². The normalized spacial score (nSPS) is 23.9. The maximum atomic E-state index is 14.0. The molecule has 2 aromatic rings. The van der Waals surface area contributed by atoms with E-state index in [9.17, 15) is 13.2 Å². The Bertz CT molecular complexity index is 902. The molecule has 31 heavy (non-hydrogen) atoms. The average molecular weight is 435 g/mol. The van der Waals surface area contributed by atoms with E-state index in [1.807, 2.05) is 0 Å². The predicted molar refractivity (Wildman–Crippen MR) is 113 cm³/mol. The number of benzene rings is 1. The number of anilines is 1. The Hall–Kier alpha value is -2.19. The fourth-order valence-corrected chi connectivity index (χ4v) is 4.68. The Morgan fingerprint density at radius 1 is 1.06 bits per heavy atom. The molecule has 1 aliphatic carbocycles. The molecule has 8 heteroatoms. The number of likely N-dealkylation sites (tertiary alicyclic amines) is 1.